The fourth-order valence-corrected chi connectivity index (χ4v) is 2.67. The molecule has 1 saturated heterocycles. The summed E-state index contributed by atoms with van der Waals surface area (Å²) >= 11 is 0. The second-order valence-corrected chi connectivity index (χ2v) is 6.02. The number of carbonyl (C=O) groups excluding carboxylic acids is 1. The average Bonchev–Trinajstić information content (AvgIpc) is 3.24. The molecule has 6 heteroatoms. The van der Waals surface area contributed by atoms with Crippen LogP contribution in [-0.4, -0.2) is 40.2 Å². The van der Waals surface area contributed by atoms with Crippen LogP contribution in [0.1, 0.15) is 47.4 Å². The topological polar surface area (TPSA) is 69.0 Å². The maximum absolute atomic E-state index is 12.1. The number of nitrogens with zero attached hydrogens (tertiary/aromatic N) is 3. The van der Waals surface area contributed by atoms with Crippen LogP contribution in [0.4, 0.5) is 0 Å². The molecule has 23 heavy (non-hydrogen) atoms. The van der Waals surface area contributed by atoms with E-state index in [-0.39, 0.29) is 18.1 Å². The van der Waals surface area contributed by atoms with Gasteiger partial charge in [0.05, 0.1) is 18.3 Å². The van der Waals surface area contributed by atoms with Crippen molar-refractivity contribution >= 4 is 5.91 Å². The van der Waals surface area contributed by atoms with E-state index in [0.717, 1.165) is 25.0 Å². The first-order chi connectivity index (χ1) is 11.1. The van der Waals surface area contributed by atoms with Crippen molar-refractivity contribution in [1.82, 2.24) is 20.3 Å². The van der Waals surface area contributed by atoms with E-state index in [1.807, 2.05) is 6.92 Å². The Morgan fingerprint density at radius 2 is 2.22 bits per heavy atom. The standard InChI is InChI=1S/C17H22N4O2/c1-12-5-7-14(8-6-12)13(2)21-11-16(19-20-21)17(22)18-10-15-4-3-9-23-15/h5-8,11,13,15H,3-4,9-10H2,1-2H3,(H,18,22)/t13-,15+/m0/s1. The molecule has 2 atom stereocenters. The number of hydrogen-bond acceptors (Lipinski definition) is 4. The molecule has 0 spiro atoms. The summed E-state index contributed by atoms with van der Waals surface area (Å²) in [6, 6.07) is 8.30. The molecule has 1 N–H and O–H groups in total. The van der Waals surface area contributed by atoms with Crippen LogP contribution in [0.5, 0.6) is 0 Å². The molecule has 1 amide bonds. The molecule has 0 radical (unpaired) electrons. The number of aromatic nitrogens is 3. The lowest BCUT2D eigenvalue weighted by atomic mass is 10.1. The summed E-state index contributed by atoms with van der Waals surface area (Å²) in [6.07, 6.45) is 3.87. The lowest BCUT2D eigenvalue weighted by Crippen LogP contribution is -2.32. The van der Waals surface area contributed by atoms with E-state index in [0.29, 0.717) is 12.2 Å². The molecule has 2 heterocycles. The Morgan fingerprint density at radius 1 is 1.43 bits per heavy atom. The van der Waals surface area contributed by atoms with Crippen LogP contribution >= 0.6 is 0 Å². The van der Waals surface area contributed by atoms with Gasteiger partial charge in [-0.1, -0.05) is 35.0 Å². The summed E-state index contributed by atoms with van der Waals surface area (Å²) in [6.45, 7) is 5.40. The van der Waals surface area contributed by atoms with Crippen molar-refractivity contribution in [3.63, 3.8) is 0 Å². The highest BCUT2D eigenvalue weighted by Gasteiger charge is 2.19. The molecule has 0 aliphatic carbocycles. The van der Waals surface area contributed by atoms with Crippen molar-refractivity contribution in [1.29, 1.82) is 0 Å². The largest absolute Gasteiger partial charge is 0.376 e. The van der Waals surface area contributed by atoms with Gasteiger partial charge in [0, 0.05) is 13.2 Å². The van der Waals surface area contributed by atoms with Crippen molar-refractivity contribution in [2.45, 2.75) is 38.8 Å². The lowest BCUT2D eigenvalue weighted by molar-refractivity contribution is 0.0853. The summed E-state index contributed by atoms with van der Waals surface area (Å²) in [4.78, 5) is 12.1. The van der Waals surface area contributed by atoms with Crippen LogP contribution in [0.3, 0.4) is 0 Å². The van der Waals surface area contributed by atoms with Gasteiger partial charge in [-0.15, -0.1) is 5.10 Å². The lowest BCUT2D eigenvalue weighted by Gasteiger charge is -2.11. The summed E-state index contributed by atoms with van der Waals surface area (Å²) in [5, 5.41) is 10.9. The van der Waals surface area contributed by atoms with Gasteiger partial charge in [0.2, 0.25) is 0 Å². The maximum Gasteiger partial charge on any atom is 0.273 e. The molecular formula is C17H22N4O2. The highest BCUT2D eigenvalue weighted by molar-refractivity contribution is 5.91. The molecule has 1 aliphatic rings. The van der Waals surface area contributed by atoms with E-state index >= 15 is 0 Å². The fraction of sp³-hybridized carbons (Fsp3) is 0.471. The number of nitrogens with one attached hydrogen (secondary N) is 1. The minimum absolute atomic E-state index is 0.0304. The number of ether oxygens (including phenoxy) is 1. The van der Waals surface area contributed by atoms with Crippen LogP contribution in [0.15, 0.2) is 30.5 Å². The molecule has 6 nitrogen and oxygen atoms in total. The van der Waals surface area contributed by atoms with Gasteiger partial charge in [0.25, 0.3) is 5.91 Å². The van der Waals surface area contributed by atoms with E-state index in [1.165, 1.54) is 5.56 Å². The third kappa shape index (κ3) is 3.76. The van der Waals surface area contributed by atoms with Crippen LogP contribution in [0.25, 0.3) is 0 Å². The van der Waals surface area contributed by atoms with E-state index in [2.05, 4.69) is 46.8 Å². The third-order valence-electron chi connectivity index (χ3n) is 4.21. The van der Waals surface area contributed by atoms with Crippen LogP contribution < -0.4 is 5.32 Å². The predicted octanol–water partition coefficient (Wildman–Crippen LogP) is 2.10. The molecule has 0 saturated carbocycles. The van der Waals surface area contributed by atoms with Gasteiger partial charge in [-0.25, -0.2) is 4.68 Å². The van der Waals surface area contributed by atoms with Gasteiger partial charge >= 0.3 is 0 Å². The van der Waals surface area contributed by atoms with Crippen LogP contribution in [0.2, 0.25) is 0 Å². The summed E-state index contributed by atoms with van der Waals surface area (Å²) < 4.78 is 7.21. The Hall–Kier alpha value is -2.21. The summed E-state index contributed by atoms with van der Waals surface area (Å²) in [5.74, 6) is -0.206. The van der Waals surface area contributed by atoms with Crippen LogP contribution in [0, 0.1) is 6.92 Å². The van der Waals surface area contributed by atoms with Gasteiger partial charge in [-0.05, 0) is 32.3 Å². The molecule has 1 aromatic carbocycles. The van der Waals surface area contributed by atoms with Crippen molar-refractivity contribution in [2.24, 2.45) is 0 Å². The highest BCUT2D eigenvalue weighted by atomic mass is 16.5. The van der Waals surface area contributed by atoms with E-state index in [1.54, 1.807) is 10.9 Å². The Labute approximate surface area is 135 Å². The first kappa shape index (κ1) is 15.7. The maximum atomic E-state index is 12.1. The first-order valence-corrected chi connectivity index (χ1v) is 8.01. The second-order valence-electron chi connectivity index (χ2n) is 6.02. The first-order valence-electron chi connectivity index (χ1n) is 8.01. The molecule has 122 valence electrons. The molecule has 3 rings (SSSR count). The van der Waals surface area contributed by atoms with Gasteiger partial charge in [0.1, 0.15) is 0 Å². The number of amides is 1. The SMILES string of the molecule is Cc1ccc([C@H](C)n2cc(C(=O)NC[C@H]3CCCO3)nn2)cc1. The third-order valence-corrected chi connectivity index (χ3v) is 4.21. The molecule has 2 aromatic rings. The van der Waals surface area contributed by atoms with E-state index in [9.17, 15) is 4.79 Å². The zero-order valence-electron chi connectivity index (χ0n) is 13.5. The minimum Gasteiger partial charge on any atom is -0.376 e. The summed E-state index contributed by atoms with van der Waals surface area (Å²) in [5.41, 5.74) is 2.68. The van der Waals surface area contributed by atoms with E-state index in [4.69, 9.17) is 4.74 Å². The zero-order valence-corrected chi connectivity index (χ0v) is 13.5. The number of rotatable bonds is 5. The van der Waals surface area contributed by atoms with Crippen molar-refractivity contribution in [3.8, 4) is 0 Å². The predicted molar refractivity (Wildman–Crippen MR) is 86.3 cm³/mol. The number of aryl methyl sites for hydroxylation is 1. The minimum atomic E-state index is -0.206. The molecule has 1 aliphatic heterocycles. The molecule has 0 bridgehead atoms. The monoisotopic (exact) mass is 314 g/mol. The Bertz CT molecular complexity index is 659. The van der Waals surface area contributed by atoms with Gasteiger partial charge < -0.3 is 10.1 Å². The summed E-state index contributed by atoms with van der Waals surface area (Å²) in [7, 11) is 0. The molecular weight excluding hydrogens is 292 g/mol. The van der Waals surface area contributed by atoms with E-state index < -0.39 is 0 Å². The van der Waals surface area contributed by atoms with Gasteiger partial charge in [0.15, 0.2) is 5.69 Å². The van der Waals surface area contributed by atoms with Crippen molar-refractivity contribution in [2.75, 3.05) is 13.2 Å². The van der Waals surface area contributed by atoms with Crippen molar-refractivity contribution < 1.29 is 9.53 Å². The molecule has 1 fully saturated rings. The Balaban J connectivity index is 1.62. The zero-order chi connectivity index (χ0) is 16.2. The fourth-order valence-electron chi connectivity index (χ4n) is 2.67. The van der Waals surface area contributed by atoms with Crippen LogP contribution in [-0.2, 0) is 4.74 Å². The molecule has 0 unspecified atom stereocenters. The number of carbonyl (C=O) groups is 1. The number of hydrogen-bond donors (Lipinski definition) is 1. The Morgan fingerprint density at radius 3 is 2.91 bits per heavy atom. The second kappa shape index (κ2) is 6.91. The molecule has 1 aromatic heterocycles. The average molecular weight is 314 g/mol. The highest BCUT2D eigenvalue weighted by Crippen LogP contribution is 2.17. The number of benzene rings is 1. The smallest absolute Gasteiger partial charge is 0.273 e. The van der Waals surface area contributed by atoms with Crippen molar-refractivity contribution in [3.05, 3.63) is 47.3 Å². The quantitative estimate of drug-likeness (QED) is 0.917. The van der Waals surface area contributed by atoms with Gasteiger partial charge in [-0.2, -0.15) is 0 Å². The Kier molecular flexibility index (Phi) is 4.71. The normalized spacial score (nSPS) is 18.8. The van der Waals surface area contributed by atoms with Gasteiger partial charge in [-0.3, -0.25) is 4.79 Å².